The molecule has 1 amide bonds. The topological polar surface area (TPSA) is 70.0 Å². The highest BCUT2D eigenvalue weighted by atomic mass is 28.4. The van der Waals surface area contributed by atoms with Gasteiger partial charge in [0.1, 0.15) is 0 Å². The van der Waals surface area contributed by atoms with Crippen LogP contribution in [-0.4, -0.2) is 54.8 Å². The Kier molecular flexibility index (Phi) is 4.45. The van der Waals surface area contributed by atoms with E-state index in [1.807, 2.05) is 0 Å². The average Bonchev–Trinajstić information content (AvgIpc) is 2.55. The van der Waals surface area contributed by atoms with Crippen LogP contribution in [0, 0.1) is 0 Å². The molecule has 2 N–H and O–H groups in total. The maximum atomic E-state index is 11.0. The van der Waals surface area contributed by atoms with E-state index < -0.39 is 20.5 Å². The number of carbonyl (C=O) groups is 1. The number of rotatable bonds is 3. The molecule has 1 fully saturated rings. The van der Waals surface area contributed by atoms with Gasteiger partial charge in [-0.2, -0.15) is 0 Å². The molecule has 0 unspecified atom stereocenters. The van der Waals surface area contributed by atoms with Crippen LogP contribution in [0.4, 0.5) is 4.79 Å². The predicted molar refractivity (Wildman–Crippen MR) is 72.3 cm³/mol. The molecule has 1 aliphatic heterocycles. The van der Waals surface area contributed by atoms with E-state index in [1.54, 1.807) is 0 Å². The van der Waals surface area contributed by atoms with Gasteiger partial charge in [0.05, 0.1) is 25.3 Å². The van der Waals surface area contributed by atoms with Gasteiger partial charge in [-0.15, -0.1) is 0 Å². The third-order valence-electron chi connectivity index (χ3n) is 4.08. The molecular formula is C12H25NO4Si. The molecule has 0 spiro atoms. The van der Waals surface area contributed by atoms with E-state index in [9.17, 15) is 9.90 Å². The smallest absolute Gasteiger partial charge is 0.407 e. The lowest BCUT2D eigenvalue weighted by atomic mass is 10.2. The van der Waals surface area contributed by atoms with E-state index in [0.29, 0.717) is 13.0 Å². The second kappa shape index (κ2) is 5.18. The molecule has 0 aromatic heterocycles. The highest BCUT2D eigenvalue weighted by molar-refractivity contribution is 6.74. The predicted octanol–water partition coefficient (Wildman–Crippen LogP) is 2.12. The molecule has 0 radical (unpaired) electrons. The summed E-state index contributed by atoms with van der Waals surface area (Å²) in [7, 11) is -1.86. The number of amides is 1. The van der Waals surface area contributed by atoms with Crippen LogP contribution in [-0.2, 0) is 4.43 Å². The molecule has 18 heavy (non-hydrogen) atoms. The van der Waals surface area contributed by atoms with E-state index in [1.165, 1.54) is 4.90 Å². The molecule has 1 rings (SSSR count). The summed E-state index contributed by atoms with van der Waals surface area (Å²) in [6.07, 6.45) is -1.06. The third-order valence-corrected chi connectivity index (χ3v) is 8.58. The summed E-state index contributed by atoms with van der Waals surface area (Å²) in [5.41, 5.74) is 0. The van der Waals surface area contributed by atoms with E-state index in [-0.39, 0.29) is 17.6 Å². The molecule has 1 heterocycles. The van der Waals surface area contributed by atoms with Crippen molar-refractivity contribution in [3.8, 4) is 0 Å². The largest absolute Gasteiger partial charge is 0.465 e. The van der Waals surface area contributed by atoms with Gasteiger partial charge >= 0.3 is 6.09 Å². The van der Waals surface area contributed by atoms with E-state index in [0.717, 1.165) is 0 Å². The van der Waals surface area contributed by atoms with Crippen LogP contribution < -0.4 is 0 Å². The Hall–Kier alpha value is -0.593. The van der Waals surface area contributed by atoms with E-state index in [2.05, 4.69) is 33.9 Å². The van der Waals surface area contributed by atoms with Crippen LogP contribution >= 0.6 is 0 Å². The number of likely N-dealkylation sites (tertiary alicyclic amines) is 1. The zero-order valence-corrected chi connectivity index (χ0v) is 12.9. The van der Waals surface area contributed by atoms with Crippen molar-refractivity contribution in [3.63, 3.8) is 0 Å². The van der Waals surface area contributed by atoms with Gasteiger partial charge in [0, 0.05) is 0 Å². The fourth-order valence-corrected chi connectivity index (χ4v) is 2.85. The molecule has 0 aromatic rings. The first-order valence-electron chi connectivity index (χ1n) is 6.36. The minimum Gasteiger partial charge on any atom is -0.465 e. The van der Waals surface area contributed by atoms with Crippen LogP contribution in [0.3, 0.4) is 0 Å². The van der Waals surface area contributed by atoms with Crippen molar-refractivity contribution in [2.45, 2.75) is 57.5 Å². The minimum absolute atomic E-state index is 0.109. The fraction of sp³-hybridized carbons (Fsp3) is 0.917. The molecule has 0 bridgehead atoms. The van der Waals surface area contributed by atoms with Gasteiger partial charge in [0.15, 0.2) is 8.32 Å². The number of aliphatic hydroxyl groups is 1. The Morgan fingerprint density at radius 2 is 2.00 bits per heavy atom. The Morgan fingerprint density at radius 3 is 2.44 bits per heavy atom. The van der Waals surface area contributed by atoms with E-state index in [4.69, 9.17) is 9.53 Å². The molecule has 2 atom stereocenters. The van der Waals surface area contributed by atoms with Crippen LogP contribution in [0.25, 0.3) is 0 Å². The lowest BCUT2D eigenvalue weighted by molar-refractivity contribution is 0.117. The Balaban J connectivity index is 2.60. The lowest BCUT2D eigenvalue weighted by Crippen LogP contribution is -2.45. The van der Waals surface area contributed by atoms with Gasteiger partial charge in [0.2, 0.25) is 0 Å². The molecule has 5 nitrogen and oxygen atoms in total. The summed E-state index contributed by atoms with van der Waals surface area (Å²) in [6, 6.07) is -0.216. The molecule has 106 valence electrons. The summed E-state index contributed by atoms with van der Waals surface area (Å²) in [5, 5.41) is 18.7. The van der Waals surface area contributed by atoms with Gasteiger partial charge in [-0.05, 0) is 24.6 Å². The fourth-order valence-electron chi connectivity index (χ4n) is 1.81. The van der Waals surface area contributed by atoms with Gasteiger partial charge in [-0.1, -0.05) is 20.8 Å². The normalized spacial score (nSPS) is 25.6. The maximum absolute atomic E-state index is 11.0. The zero-order chi connectivity index (χ0) is 14.1. The molecule has 0 aliphatic carbocycles. The van der Waals surface area contributed by atoms with Gasteiger partial charge < -0.3 is 19.5 Å². The highest BCUT2D eigenvalue weighted by Crippen LogP contribution is 2.37. The van der Waals surface area contributed by atoms with Gasteiger partial charge in [0.25, 0.3) is 0 Å². The Bertz CT molecular complexity index is 314. The quantitative estimate of drug-likeness (QED) is 0.774. The highest BCUT2D eigenvalue weighted by Gasteiger charge is 2.40. The molecule has 0 saturated carbocycles. The van der Waals surface area contributed by atoms with Crippen molar-refractivity contribution in [1.29, 1.82) is 0 Å². The molecule has 0 aromatic carbocycles. The second-order valence-corrected chi connectivity index (χ2v) is 11.4. The van der Waals surface area contributed by atoms with E-state index >= 15 is 0 Å². The van der Waals surface area contributed by atoms with Crippen molar-refractivity contribution in [2.75, 3.05) is 13.2 Å². The number of β-amino-alcohol motifs (C(OH)–C–C–N with tert-alkyl or cyclic N) is 1. The Labute approximate surface area is 110 Å². The second-order valence-electron chi connectivity index (χ2n) is 6.55. The van der Waals surface area contributed by atoms with Crippen LogP contribution in [0.2, 0.25) is 18.1 Å². The number of hydrogen-bond donors (Lipinski definition) is 2. The number of carboxylic acid groups (broad SMARTS) is 1. The summed E-state index contributed by atoms with van der Waals surface area (Å²) < 4.78 is 6.03. The monoisotopic (exact) mass is 275 g/mol. The number of aliphatic hydroxyl groups excluding tert-OH is 1. The molecular weight excluding hydrogens is 250 g/mol. The summed E-state index contributed by atoms with van der Waals surface area (Å²) >= 11 is 0. The van der Waals surface area contributed by atoms with Crippen molar-refractivity contribution in [2.24, 2.45) is 0 Å². The van der Waals surface area contributed by atoms with Crippen molar-refractivity contribution < 1.29 is 19.4 Å². The standard InChI is InChI=1S/C12H25NO4Si/c1-12(2,3)18(4,5)17-8-9-6-10(14)7-13(9)11(15)16/h9-10,14H,6-8H2,1-5H3,(H,15,16)/t9-,10+/m0/s1. The van der Waals surface area contributed by atoms with Gasteiger partial charge in [-0.25, -0.2) is 4.79 Å². The van der Waals surface area contributed by atoms with Crippen LogP contribution in [0.15, 0.2) is 0 Å². The number of nitrogens with zero attached hydrogens (tertiary/aromatic N) is 1. The van der Waals surface area contributed by atoms with Crippen LogP contribution in [0.5, 0.6) is 0 Å². The third kappa shape index (κ3) is 3.46. The summed E-state index contributed by atoms with van der Waals surface area (Å²) in [4.78, 5) is 12.3. The Morgan fingerprint density at radius 1 is 1.44 bits per heavy atom. The molecule has 1 saturated heterocycles. The summed E-state index contributed by atoms with van der Waals surface area (Å²) in [6.45, 7) is 11.3. The molecule has 6 heteroatoms. The van der Waals surface area contributed by atoms with Crippen molar-refractivity contribution >= 4 is 14.4 Å². The number of hydrogen-bond acceptors (Lipinski definition) is 3. The van der Waals surface area contributed by atoms with Crippen molar-refractivity contribution in [3.05, 3.63) is 0 Å². The van der Waals surface area contributed by atoms with Gasteiger partial charge in [-0.3, -0.25) is 0 Å². The first kappa shape index (κ1) is 15.5. The first-order valence-corrected chi connectivity index (χ1v) is 9.27. The molecule has 1 aliphatic rings. The SMILES string of the molecule is CC(C)(C)[Si](C)(C)OC[C@@H]1C[C@@H](O)CN1C(=O)O. The zero-order valence-electron chi connectivity index (χ0n) is 11.9. The summed E-state index contributed by atoms with van der Waals surface area (Å²) in [5.74, 6) is 0. The average molecular weight is 275 g/mol. The minimum atomic E-state index is -1.86. The lowest BCUT2D eigenvalue weighted by Gasteiger charge is -2.37. The van der Waals surface area contributed by atoms with Crippen LogP contribution in [0.1, 0.15) is 27.2 Å². The van der Waals surface area contributed by atoms with Crippen molar-refractivity contribution in [1.82, 2.24) is 4.90 Å². The first-order chi connectivity index (χ1) is 8.04. The maximum Gasteiger partial charge on any atom is 0.407 e.